The fraction of sp³-hybridized carbons (Fsp3) is 0.240. The molecule has 5 nitrogen and oxygen atoms in total. The number of methoxy groups -OCH3 is 2. The molecule has 0 spiro atoms. The average molecular weight is 474 g/mol. The van der Waals surface area contributed by atoms with Gasteiger partial charge in [-0.05, 0) is 67.1 Å². The molecule has 0 fully saturated rings. The number of benzene rings is 3. The minimum atomic E-state index is -0.330. The Hall–Kier alpha value is -2.89. The van der Waals surface area contributed by atoms with Crippen LogP contribution in [0.25, 0.3) is 0 Å². The molecule has 0 aliphatic rings. The zero-order valence-electron chi connectivity index (χ0n) is 18.2. The number of ketones is 1. The number of nitrogens with one attached hydrogen (secondary N) is 1. The van der Waals surface area contributed by atoms with E-state index in [4.69, 9.17) is 37.4 Å². The molecular weight excluding hydrogens is 449 g/mol. The molecule has 1 atom stereocenters. The molecule has 0 amide bonds. The van der Waals surface area contributed by atoms with Gasteiger partial charge in [0.05, 0.1) is 36.9 Å². The normalized spacial score (nSPS) is 11.5. The first-order valence-electron chi connectivity index (χ1n) is 10.1. The van der Waals surface area contributed by atoms with E-state index in [-0.39, 0.29) is 18.2 Å². The minimum Gasteiger partial charge on any atom is -0.494 e. The first kappa shape index (κ1) is 23.8. The fourth-order valence-corrected chi connectivity index (χ4v) is 3.62. The van der Waals surface area contributed by atoms with Crippen LogP contribution in [-0.4, -0.2) is 26.6 Å². The fourth-order valence-electron chi connectivity index (χ4n) is 3.31. The molecule has 0 radical (unpaired) electrons. The number of carbonyl (C=O) groups is 1. The van der Waals surface area contributed by atoms with Crippen molar-refractivity contribution >= 4 is 34.7 Å². The van der Waals surface area contributed by atoms with Gasteiger partial charge in [-0.15, -0.1) is 0 Å². The Morgan fingerprint density at radius 1 is 0.906 bits per heavy atom. The highest BCUT2D eigenvalue weighted by molar-refractivity contribution is 6.42. The number of rotatable bonds is 10. The van der Waals surface area contributed by atoms with Crippen molar-refractivity contribution in [3.05, 3.63) is 81.8 Å². The molecule has 0 aliphatic carbocycles. The number of anilines is 1. The Bertz CT molecular complexity index is 1070. The first-order valence-corrected chi connectivity index (χ1v) is 10.9. The number of carbonyl (C=O) groups excluding carboxylic acids is 1. The van der Waals surface area contributed by atoms with Crippen LogP contribution in [0.5, 0.6) is 17.2 Å². The molecule has 32 heavy (non-hydrogen) atoms. The molecule has 0 aromatic heterocycles. The zero-order valence-corrected chi connectivity index (χ0v) is 19.7. The van der Waals surface area contributed by atoms with Crippen LogP contribution in [0.15, 0.2) is 60.7 Å². The Labute approximate surface area is 198 Å². The smallest absolute Gasteiger partial charge is 0.165 e. The number of Topliss-reactive ketones (excluding diaryl/α,β-unsaturated/α-hetero) is 1. The van der Waals surface area contributed by atoms with Gasteiger partial charge in [0.1, 0.15) is 5.75 Å². The van der Waals surface area contributed by atoms with Gasteiger partial charge in [-0.25, -0.2) is 0 Å². The van der Waals surface area contributed by atoms with E-state index in [9.17, 15) is 4.79 Å². The zero-order chi connectivity index (χ0) is 23.1. The molecule has 0 bridgehead atoms. The summed E-state index contributed by atoms with van der Waals surface area (Å²) in [6.07, 6.45) is 0.195. The first-order chi connectivity index (χ1) is 15.4. The predicted molar refractivity (Wildman–Crippen MR) is 129 cm³/mol. The van der Waals surface area contributed by atoms with Crippen molar-refractivity contribution < 1.29 is 19.0 Å². The molecule has 0 heterocycles. The molecule has 3 aromatic rings. The van der Waals surface area contributed by atoms with E-state index in [0.717, 1.165) is 17.0 Å². The molecule has 3 rings (SSSR count). The third kappa shape index (κ3) is 5.87. The van der Waals surface area contributed by atoms with Gasteiger partial charge >= 0.3 is 0 Å². The Kier molecular flexibility index (Phi) is 8.26. The molecule has 0 aliphatic heterocycles. The van der Waals surface area contributed by atoms with Crippen LogP contribution in [0.2, 0.25) is 10.0 Å². The van der Waals surface area contributed by atoms with E-state index < -0.39 is 0 Å². The summed E-state index contributed by atoms with van der Waals surface area (Å²) in [6, 6.07) is 17.8. The van der Waals surface area contributed by atoms with Crippen molar-refractivity contribution in [3.8, 4) is 17.2 Å². The predicted octanol–water partition coefficient (Wildman–Crippen LogP) is 6.84. The monoisotopic (exact) mass is 473 g/mol. The van der Waals surface area contributed by atoms with Crippen LogP contribution < -0.4 is 19.5 Å². The second-order valence-corrected chi connectivity index (χ2v) is 7.84. The molecule has 0 saturated carbocycles. The third-order valence-electron chi connectivity index (χ3n) is 4.95. The van der Waals surface area contributed by atoms with Crippen molar-refractivity contribution in [3.63, 3.8) is 0 Å². The number of hydrogen-bond donors (Lipinski definition) is 1. The van der Waals surface area contributed by atoms with Gasteiger partial charge in [0.2, 0.25) is 0 Å². The number of ether oxygens (including phenoxy) is 3. The summed E-state index contributed by atoms with van der Waals surface area (Å²) in [4.78, 5) is 13.2. The van der Waals surface area contributed by atoms with Gasteiger partial charge in [0.25, 0.3) is 0 Å². The summed E-state index contributed by atoms with van der Waals surface area (Å²) in [5, 5.41) is 4.32. The highest BCUT2D eigenvalue weighted by atomic mass is 35.5. The van der Waals surface area contributed by atoms with Crippen LogP contribution in [0.1, 0.15) is 35.3 Å². The van der Waals surface area contributed by atoms with Crippen LogP contribution in [0.3, 0.4) is 0 Å². The van der Waals surface area contributed by atoms with Crippen molar-refractivity contribution in [2.45, 2.75) is 19.4 Å². The van der Waals surface area contributed by atoms with E-state index in [1.165, 1.54) is 7.11 Å². The summed E-state index contributed by atoms with van der Waals surface area (Å²) in [7, 11) is 3.10. The standard InChI is InChI=1S/C25H25Cl2NO4/c1-4-32-19-9-7-18(8-10-19)28-22(16-5-11-20(26)21(27)13-16)15-23(29)17-6-12-24(30-2)25(14-17)31-3/h5-14,22,28H,4,15H2,1-3H3. The quantitative estimate of drug-likeness (QED) is 0.326. The van der Waals surface area contributed by atoms with Crippen LogP contribution in [0, 0.1) is 0 Å². The molecule has 0 saturated heterocycles. The van der Waals surface area contributed by atoms with Gasteiger partial charge in [-0.3, -0.25) is 4.79 Å². The second kappa shape index (κ2) is 11.1. The number of halogens is 2. The van der Waals surface area contributed by atoms with E-state index in [0.29, 0.717) is 33.7 Å². The van der Waals surface area contributed by atoms with Gasteiger partial charge in [-0.2, -0.15) is 0 Å². The van der Waals surface area contributed by atoms with E-state index >= 15 is 0 Å². The maximum Gasteiger partial charge on any atom is 0.165 e. The van der Waals surface area contributed by atoms with Crippen molar-refractivity contribution in [1.82, 2.24) is 0 Å². The van der Waals surface area contributed by atoms with E-state index in [2.05, 4.69) is 5.32 Å². The minimum absolute atomic E-state index is 0.0551. The molecule has 1 N–H and O–H groups in total. The number of hydrogen-bond acceptors (Lipinski definition) is 5. The topological polar surface area (TPSA) is 56.8 Å². The highest BCUT2D eigenvalue weighted by Gasteiger charge is 2.20. The lowest BCUT2D eigenvalue weighted by atomic mass is 9.97. The van der Waals surface area contributed by atoms with Crippen molar-refractivity contribution in [2.24, 2.45) is 0 Å². The highest BCUT2D eigenvalue weighted by Crippen LogP contribution is 2.32. The molecule has 168 valence electrons. The SMILES string of the molecule is CCOc1ccc(NC(CC(=O)c2ccc(OC)c(OC)c2)c2ccc(Cl)c(Cl)c2)cc1. The molecular formula is C25H25Cl2NO4. The van der Waals surface area contributed by atoms with Crippen molar-refractivity contribution in [2.75, 3.05) is 26.1 Å². The Morgan fingerprint density at radius 3 is 2.25 bits per heavy atom. The van der Waals surface area contributed by atoms with Crippen LogP contribution in [-0.2, 0) is 0 Å². The van der Waals surface area contributed by atoms with Gasteiger partial charge in [0.15, 0.2) is 17.3 Å². The Balaban J connectivity index is 1.88. The summed E-state index contributed by atoms with van der Waals surface area (Å²) >= 11 is 12.3. The second-order valence-electron chi connectivity index (χ2n) is 7.02. The maximum atomic E-state index is 13.2. The third-order valence-corrected chi connectivity index (χ3v) is 5.69. The Morgan fingerprint density at radius 2 is 1.62 bits per heavy atom. The van der Waals surface area contributed by atoms with Crippen LogP contribution in [0.4, 0.5) is 5.69 Å². The summed E-state index contributed by atoms with van der Waals surface area (Å²) in [5.41, 5.74) is 2.23. The summed E-state index contributed by atoms with van der Waals surface area (Å²) < 4.78 is 16.1. The average Bonchev–Trinajstić information content (AvgIpc) is 2.81. The summed E-state index contributed by atoms with van der Waals surface area (Å²) in [5.74, 6) is 1.80. The largest absolute Gasteiger partial charge is 0.494 e. The summed E-state index contributed by atoms with van der Waals surface area (Å²) in [6.45, 7) is 2.53. The van der Waals surface area contributed by atoms with Crippen LogP contribution >= 0.6 is 23.2 Å². The van der Waals surface area contributed by atoms with Gasteiger partial charge < -0.3 is 19.5 Å². The molecule has 3 aromatic carbocycles. The lowest BCUT2D eigenvalue weighted by Crippen LogP contribution is -2.16. The van der Waals surface area contributed by atoms with E-state index in [1.807, 2.05) is 37.3 Å². The lowest BCUT2D eigenvalue weighted by molar-refractivity contribution is 0.0976. The maximum absolute atomic E-state index is 13.2. The molecule has 7 heteroatoms. The van der Waals surface area contributed by atoms with Gasteiger partial charge in [0, 0.05) is 17.7 Å². The lowest BCUT2D eigenvalue weighted by Gasteiger charge is -2.21. The van der Waals surface area contributed by atoms with E-state index in [1.54, 1.807) is 37.4 Å². The van der Waals surface area contributed by atoms with Crippen molar-refractivity contribution in [1.29, 1.82) is 0 Å². The molecule has 1 unspecified atom stereocenters. The van der Waals surface area contributed by atoms with Gasteiger partial charge in [-0.1, -0.05) is 29.3 Å².